The summed E-state index contributed by atoms with van der Waals surface area (Å²) in [6, 6.07) is 10.0. The van der Waals surface area contributed by atoms with Crippen molar-refractivity contribution in [1.82, 2.24) is 9.80 Å². The molecule has 2 saturated heterocycles. The number of rotatable bonds is 6. The van der Waals surface area contributed by atoms with Crippen molar-refractivity contribution in [2.75, 3.05) is 47.1 Å². The zero-order valence-electron chi connectivity index (χ0n) is 15.6. The minimum atomic E-state index is -0.134. The topological polar surface area (TPSA) is 59.1 Å². The molecule has 1 aromatic rings. The van der Waals surface area contributed by atoms with Crippen molar-refractivity contribution in [3.63, 3.8) is 0 Å². The number of carbonyl (C=O) groups excluding carboxylic acids is 2. The second-order valence-corrected chi connectivity index (χ2v) is 7.22. The molecule has 0 aliphatic carbocycles. The number of ether oxygens (including phenoxy) is 2. The molecule has 2 fully saturated rings. The third kappa shape index (κ3) is 3.76. The Balaban J connectivity index is 1.58. The smallest absolute Gasteiger partial charge is 0.248 e. The maximum atomic E-state index is 12.8. The van der Waals surface area contributed by atoms with Crippen LogP contribution in [0.2, 0.25) is 0 Å². The molecule has 0 unspecified atom stereocenters. The number of nitrogens with zero attached hydrogens (tertiary/aromatic N) is 2. The molecule has 2 aliphatic heterocycles. The zero-order chi connectivity index (χ0) is 18.6. The van der Waals surface area contributed by atoms with Crippen LogP contribution < -0.4 is 0 Å². The highest BCUT2D eigenvalue weighted by atomic mass is 16.5. The molecule has 0 aromatic heterocycles. The van der Waals surface area contributed by atoms with E-state index < -0.39 is 0 Å². The van der Waals surface area contributed by atoms with Gasteiger partial charge in [0.1, 0.15) is 6.61 Å². The Morgan fingerprint density at radius 2 is 1.88 bits per heavy atom. The lowest BCUT2D eigenvalue weighted by atomic mass is 9.81. The van der Waals surface area contributed by atoms with Crippen LogP contribution in [0.25, 0.3) is 0 Å². The molecule has 1 spiro atoms. The minimum absolute atomic E-state index is 0.0162. The summed E-state index contributed by atoms with van der Waals surface area (Å²) in [7, 11) is 3.52. The Morgan fingerprint density at radius 1 is 1.19 bits per heavy atom. The number of benzene rings is 1. The molecular formula is C20H28N2O4. The molecule has 6 nitrogen and oxygen atoms in total. The van der Waals surface area contributed by atoms with Gasteiger partial charge in [0.05, 0.1) is 19.1 Å². The minimum Gasteiger partial charge on any atom is -0.382 e. The molecule has 26 heavy (non-hydrogen) atoms. The van der Waals surface area contributed by atoms with Gasteiger partial charge in [-0.15, -0.1) is 0 Å². The summed E-state index contributed by atoms with van der Waals surface area (Å²) in [5, 5.41) is 0. The quantitative estimate of drug-likeness (QED) is 0.724. The van der Waals surface area contributed by atoms with Crippen molar-refractivity contribution in [2.45, 2.75) is 30.7 Å². The third-order valence-electron chi connectivity index (χ3n) is 5.83. The van der Waals surface area contributed by atoms with Gasteiger partial charge in [0.2, 0.25) is 11.8 Å². The first-order valence-electron chi connectivity index (χ1n) is 9.24. The van der Waals surface area contributed by atoms with E-state index in [9.17, 15) is 9.59 Å². The largest absolute Gasteiger partial charge is 0.382 e. The van der Waals surface area contributed by atoms with E-state index in [1.807, 2.05) is 47.2 Å². The highest BCUT2D eigenvalue weighted by Crippen LogP contribution is 2.44. The maximum absolute atomic E-state index is 12.8. The van der Waals surface area contributed by atoms with Gasteiger partial charge >= 0.3 is 0 Å². The monoisotopic (exact) mass is 360 g/mol. The van der Waals surface area contributed by atoms with Gasteiger partial charge in [0.25, 0.3) is 0 Å². The van der Waals surface area contributed by atoms with Crippen LogP contribution >= 0.6 is 0 Å². The fourth-order valence-electron chi connectivity index (χ4n) is 4.12. The van der Waals surface area contributed by atoms with Gasteiger partial charge in [0.15, 0.2) is 0 Å². The van der Waals surface area contributed by atoms with Gasteiger partial charge in [-0.2, -0.15) is 0 Å². The van der Waals surface area contributed by atoms with E-state index in [4.69, 9.17) is 9.47 Å². The van der Waals surface area contributed by atoms with Crippen LogP contribution in [0.1, 0.15) is 30.7 Å². The molecule has 2 heterocycles. The standard InChI is InChI=1S/C20H28N2O4/c1-21-19(24)17(16-6-4-3-5-7-16)14-20(21)8-10-22(11-9-20)18(23)15-26-13-12-25-2/h3-7,17H,8-15H2,1-2H3/t17-/m1/s1. The van der Waals surface area contributed by atoms with Gasteiger partial charge in [-0.3, -0.25) is 9.59 Å². The SMILES string of the molecule is COCCOCC(=O)N1CCC2(CC1)C[C@H](c1ccccc1)C(=O)N2C. The molecular weight excluding hydrogens is 332 g/mol. The molecule has 2 amide bonds. The van der Waals surface area contributed by atoms with Crippen molar-refractivity contribution in [3.05, 3.63) is 35.9 Å². The summed E-state index contributed by atoms with van der Waals surface area (Å²) in [5.41, 5.74) is 0.955. The first-order valence-corrected chi connectivity index (χ1v) is 9.24. The van der Waals surface area contributed by atoms with E-state index in [0.717, 1.165) is 24.8 Å². The van der Waals surface area contributed by atoms with Crippen LogP contribution in [-0.2, 0) is 19.1 Å². The molecule has 6 heteroatoms. The number of hydrogen-bond acceptors (Lipinski definition) is 4. The molecule has 0 N–H and O–H groups in total. The van der Waals surface area contributed by atoms with Crippen LogP contribution in [0.3, 0.4) is 0 Å². The lowest BCUT2D eigenvalue weighted by Crippen LogP contribution is -2.53. The summed E-state index contributed by atoms with van der Waals surface area (Å²) < 4.78 is 10.3. The van der Waals surface area contributed by atoms with E-state index in [2.05, 4.69) is 0 Å². The highest BCUT2D eigenvalue weighted by molar-refractivity contribution is 5.87. The lowest BCUT2D eigenvalue weighted by Gasteiger charge is -2.43. The molecule has 3 rings (SSSR count). The number of amides is 2. The second-order valence-electron chi connectivity index (χ2n) is 7.22. The number of piperidine rings is 1. The molecule has 0 radical (unpaired) electrons. The average Bonchev–Trinajstić information content (AvgIpc) is 2.92. The summed E-state index contributed by atoms with van der Waals surface area (Å²) in [5.74, 6) is 0.141. The molecule has 142 valence electrons. The first kappa shape index (κ1) is 18.9. The number of methoxy groups -OCH3 is 1. The van der Waals surface area contributed by atoms with Gasteiger partial charge in [0, 0.05) is 32.8 Å². The predicted molar refractivity (Wildman–Crippen MR) is 97.8 cm³/mol. The van der Waals surface area contributed by atoms with E-state index in [0.29, 0.717) is 26.3 Å². The Kier molecular flexibility index (Phi) is 5.94. The molecule has 0 bridgehead atoms. The van der Waals surface area contributed by atoms with Gasteiger partial charge < -0.3 is 19.3 Å². The maximum Gasteiger partial charge on any atom is 0.248 e. The summed E-state index contributed by atoms with van der Waals surface area (Å²) >= 11 is 0. The summed E-state index contributed by atoms with van der Waals surface area (Å²) in [6.45, 7) is 2.36. The number of carbonyl (C=O) groups is 2. The van der Waals surface area contributed by atoms with Crippen LogP contribution in [0.4, 0.5) is 0 Å². The number of likely N-dealkylation sites (N-methyl/N-ethyl adjacent to an activating group) is 1. The molecule has 1 atom stereocenters. The second kappa shape index (κ2) is 8.18. The fraction of sp³-hybridized carbons (Fsp3) is 0.600. The van der Waals surface area contributed by atoms with Gasteiger partial charge in [-0.05, 0) is 24.8 Å². The zero-order valence-corrected chi connectivity index (χ0v) is 15.6. The predicted octanol–water partition coefficient (Wildman–Crippen LogP) is 1.66. The summed E-state index contributed by atoms with van der Waals surface area (Å²) in [4.78, 5) is 28.9. The highest BCUT2D eigenvalue weighted by Gasteiger charge is 2.50. The van der Waals surface area contributed by atoms with Crippen molar-refractivity contribution in [1.29, 1.82) is 0 Å². The van der Waals surface area contributed by atoms with Crippen molar-refractivity contribution < 1.29 is 19.1 Å². The Hall–Kier alpha value is -1.92. The third-order valence-corrected chi connectivity index (χ3v) is 5.83. The number of hydrogen-bond donors (Lipinski definition) is 0. The van der Waals surface area contributed by atoms with E-state index in [-0.39, 0.29) is 29.9 Å². The van der Waals surface area contributed by atoms with E-state index >= 15 is 0 Å². The normalized spacial score (nSPS) is 22.2. The summed E-state index contributed by atoms with van der Waals surface area (Å²) in [6.07, 6.45) is 2.48. The van der Waals surface area contributed by atoms with Crippen molar-refractivity contribution >= 4 is 11.8 Å². The average molecular weight is 360 g/mol. The van der Waals surface area contributed by atoms with E-state index in [1.54, 1.807) is 7.11 Å². The van der Waals surface area contributed by atoms with Crippen LogP contribution in [0.5, 0.6) is 0 Å². The van der Waals surface area contributed by atoms with Crippen molar-refractivity contribution in [3.8, 4) is 0 Å². The van der Waals surface area contributed by atoms with Gasteiger partial charge in [-0.1, -0.05) is 30.3 Å². The Morgan fingerprint density at radius 3 is 2.54 bits per heavy atom. The van der Waals surface area contributed by atoms with Crippen molar-refractivity contribution in [2.24, 2.45) is 0 Å². The number of likely N-dealkylation sites (tertiary alicyclic amines) is 2. The Bertz CT molecular complexity index is 626. The Labute approximate surface area is 155 Å². The molecule has 1 aromatic carbocycles. The molecule has 0 saturated carbocycles. The van der Waals surface area contributed by atoms with E-state index in [1.165, 1.54) is 0 Å². The van der Waals surface area contributed by atoms with Crippen LogP contribution in [0.15, 0.2) is 30.3 Å². The van der Waals surface area contributed by atoms with Gasteiger partial charge in [-0.25, -0.2) is 0 Å². The lowest BCUT2D eigenvalue weighted by molar-refractivity contribution is -0.140. The molecule has 2 aliphatic rings. The fourth-order valence-corrected chi connectivity index (χ4v) is 4.12. The van der Waals surface area contributed by atoms with Crippen LogP contribution in [0, 0.1) is 0 Å². The van der Waals surface area contributed by atoms with Crippen LogP contribution in [-0.4, -0.2) is 74.2 Å². The first-order chi connectivity index (χ1) is 12.6.